The van der Waals surface area contributed by atoms with Gasteiger partial charge in [-0.15, -0.1) is 11.6 Å². The normalized spacial score (nSPS) is 9.70. The molecule has 54 valence electrons. The SMILES string of the molecule is O=[N+]([O-])c1cn(CCl)cn1. The summed E-state index contributed by atoms with van der Waals surface area (Å²) in [6.45, 7) is 0. The Labute approximate surface area is 61.4 Å². The summed E-state index contributed by atoms with van der Waals surface area (Å²) < 4.78 is 1.42. The van der Waals surface area contributed by atoms with E-state index < -0.39 is 4.92 Å². The lowest BCUT2D eigenvalue weighted by atomic mass is 10.8. The van der Waals surface area contributed by atoms with Crippen LogP contribution in [0.5, 0.6) is 0 Å². The first-order valence-electron chi connectivity index (χ1n) is 2.46. The van der Waals surface area contributed by atoms with Crippen LogP contribution in [-0.4, -0.2) is 14.5 Å². The van der Waals surface area contributed by atoms with Gasteiger partial charge in [-0.05, 0) is 9.91 Å². The molecule has 0 saturated heterocycles. The van der Waals surface area contributed by atoms with Crippen molar-refractivity contribution in [2.75, 3.05) is 0 Å². The highest BCUT2D eigenvalue weighted by Crippen LogP contribution is 2.05. The van der Waals surface area contributed by atoms with E-state index in [1.807, 2.05) is 0 Å². The number of nitrogens with zero attached hydrogens (tertiary/aromatic N) is 3. The molecular weight excluding hydrogens is 158 g/mol. The summed E-state index contributed by atoms with van der Waals surface area (Å²) in [7, 11) is 0. The van der Waals surface area contributed by atoms with Crippen LogP contribution < -0.4 is 0 Å². The Bertz CT molecular complexity index is 246. The largest absolute Gasteiger partial charge is 0.381 e. The molecule has 0 amide bonds. The molecular formula is C4H4ClN3O2. The van der Waals surface area contributed by atoms with Gasteiger partial charge in [-0.25, -0.2) is 0 Å². The van der Waals surface area contributed by atoms with E-state index in [9.17, 15) is 10.1 Å². The molecule has 0 atom stereocenters. The number of alkyl halides is 1. The Morgan fingerprint density at radius 3 is 2.90 bits per heavy atom. The van der Waals surface area contributed by atoms with Crippen molar-refractivity contribution < 1.29 is 4.92 Å². The minimum atomic E-state index is -0.566. The van der Waals surface area contributed by atoms with Gasteiger partial charge in [-0.3, -0.25) is 4.57 Å². The second kappa shape index (κ2) is 2.66. The molecule has 0 spiro atoms. The minimum Gasteiger partial charge on any atom is -0.358 e. The van der Waals surface area contributed by atoms with Gasteiger partial charge in [-0.2, -0.15) is 0 Å². The van der Waals surface area contributed by atoms with Gasteiger partial charge in [0.1, 0.15) is 12.2 Å². The second-order valence-electron chi connectivity index (χ2n) is 1.62. The van der Waals surface area contributed by atoms with Crippen LogP contribution in [0.4, 0.5) is 5.82 Å². The molecule has 0 aromatic carbocycles. The molecule has 1 rings (SSSR count). The summed E-state index contributed by atoms with van der Waals surface area (Å²) in [6.07, 6.45) is 2.58. The molecule has 6 heteroatoms. The fourth-order valence-corrected chi connectivity index (χ4v) is 0.639. The predicted molar refractivity (Wildman–Crippen MR) is 34.7 cm³/mol. The molecule has 0 N–H and O–H groups in total. The highest BCUT2D eigenvalue weighted by molar-refractivity contribution is 6.15. The van der Waals surface area contributed by atoms with Crippen molar-refractivity contribution >= 4 is 17.4 Å². The highest BCUT2D eigenvalue weighted by atomic mass is 35.5. The zero-order valence-corrected chi connectivity index (χ0v) is 5.65. The third kappa shape index (κ3) is 1.24. The average molecular weight is 162 g/mol. The first kappa shape index (κ1) is 7.01. The molecule has 1 aromatic heterocycles. The number of imidazole rings is 1. The summed E-state index contributed by atoms with van der Waals surface area (Å²) in [6, 6.07) is 0.181. The van der Waals surface area contributed by atoms with Crippen molar-refractivity contribution in [2.45, 2.75) is 6.00 Å². The van der Waals surface area contributed by atoms with E-state index in [0.29, 0.717) is 0 Å². The van der Waals surface area contributed by atoms with Gasteiger partial charge < -0.3 is 10.1 Å². The van der Waals surface area contributed by atoms with Crippen LogP contribution in [0.15, 0.2) is 12.5 Å². The number of hydrogen-bond donors (Lipinski definition) is 0. The summed E-state index contributed by atoms with van der Waals surface area (Å²) in [5.41, 5.74) is 0. The van der Waals surface area contributed by atoms with E-state index in [0.717, 1.165) is 0 Å². The molecule has 5 nitrogen and oxygen atoms in total. The molecule has 1 heterocycles. The van der Waals surface area contributed by atoms with Gasteiger partial charge in [0.2, 0.25) is 6.33 Å². The van der Waals surface area contributed by atoms with Crippen molar-refractivity contribution in [3.63, 3.8) is 0 Å². The van der Waals surface area contributed by atoms with Crippen molar-refractivity contribution in [3.05, 3.63) is 22.6 Å². The predicted octanol–water partition coefficient (Wildman–Crippen LogP) is 0.988. The molecule has 0 saturated carbocycles. The molecule has 0 aliphatic rings. The molecule has 0 bridgehead atoms. The maximum Gasteiger partial charge on any atom is 0.381 e. The van der Waals surface area contributed by atoms with Crippen molar-refractivity contribution in [2.24, 2.45) is 0 Å². The number of halogens is 1. The topological polar surface area (TPSA) is 61.0 Å². The number of hydrogen-bond acceptors (Lipinski definition) is 3. The smallest absolute Gasteiger partial charge is 0.358 e. The van der Waals surface area contributed by atoms with E-state index in [1.165, 1.54) is 17.1 Å². The zero-order chi connectivity index (χ0) is 7.56. The van der Waals surface area contributed by atoms with E-state index in [-0.39, 0.29) is 11.8 Å². The third-order valence-corrected chi connectivity index (χ3v) is 1.22. The second-order valence-corrected chi connectivity index (χ2v) is 1.86. The van der Waals surface area contributed by atoms with Gasteiger partial charge >= 0.3 is 5.82 Å². The Hall–Kier alpha value is -1.10. The van der Waals surface area contributed by atoms with Crippen molar-refractivity contribution in [3.8, 4) is 0 Å². The van der Waals surface area contributed by atoms with Crippen molar-refractivity contribution in [1.82, 2.24) is 9.55 Å². The molecule has 0 aliphatic carbocycles. The van der Waals surface area contributed by atoms with Crippen LogP contribution in [0.2, 0.25) is 0 Å². The number of nitro groups is 1. The fourth-order valence-electron chi connectivity index (χ4n) is 0.508. The lowest BCUT2D eigenvalue weighted by Crippen LogP contribution is -1.87. The molecule has 0 aliphatic heterocycles. The Morgan fingerprint density at radius 1 is 1.90 bits per heavy atom. The van der Waals surface area contributed by atoms with Crippen LogP contribution >= 0.6 is 11.6 Å². The molecule has 0 radical (unpaired) electrons. The minimum absolute atomic E-state index is 0.180. The molecule has 0 fully saturated rings. The van der Waals surface area contributed by atoms with Crippen molar-refractivity contribution in [1.29, 1.82) is 0 Å². The lowest BCUT2D eigenvalue weighted by molar-refractivity contribution is -0.389. The summed E-state index contributed by atoms with van der Waals surface area (Å²) in [5.74, 6) is -0.180. The van der Waals surface area contributed by atoms with Gasteiger partial charge in [0.15, 0.2) is 0 Å². The van der Waals surface area contributed by atoms with Crippen LogP contribution in [0.3, 0.4) is 0 Å². The Morgan fingerprint density at radius 2 is 2.60 bits per heavy atom. The van der Waals surface area contributed by atoms with E-state index in [2.05, 4.69) is 4.98 Å². The van der Waals surface area contributed by atoms with Crippen LogP contribution in [0.25, 0.3) is 0 Å². The first-order chi connectivity index (χ1) is 4.74. The van der Waals surface area contributed by atoms with Gasteiger partial charge in [0, 0.05) is 0 Å². The summed E-state index contributed by atoms with van der Waals surface area (Å²) >= 11 is 5.35. The third-order valence-electron chi connectivity index (χ3n) is 0.945. The van der Waals surface area contributed by atoms with E-state index in [1.54, 1.807) is 0 Å². The molecule has 10 heavy (non-hydrogen) atoms. The molecule has 1 aromatic rings. The standard InChI is InChI=1S/C4H4ClN3O2/c5-2-7-1-4(6-3-7)8(9)10/h1,3H,2H2. The van der Waals surface area contributed by atoms with Crippen LogP contribution in [-0.2, 0) is 6.00 Å². The first-order valence-corrected chi connectivity index (χ1v) is 2.99. The lowest BCUT2D eigenvalue weighted by Gasteiger charge is -1.85. The average Bonchev–Trinajstić information content (AvgIpc) is 2.34. The maximum atomic E-state index is 10.0. The van der Waals surface area contributed by atoms with Gasteiger partial charge in [0.05, 0.1) is 0 Å². The fraction of sp³-hybridized carbons (Fsp3) is 0.250. The number of aromatic nitrogens is 2. The quantitative estimate of drug-likeness (QED) is 0.369. The van der Waals surface area contributed by atoms with Crippen LogP contribution in [0.1, 0.15) is 0 Å². The monoisotopic (exact) mass is 161 g/mol. The van der Waals surface area contributed by atoms with Gasteiger partial charge in [0.25, 0.3) is 0 Å². The van der Waals surface area contributed by atoms with E-state index >= 15 is 0 Å². The number of rotatable bonds is 2. The Kier molecular flexibility index (Phi) is 1.86. The highest BCUT2D eigenvalue weighted by Gasteiger charge is 2.07. The van der Waals surface area contributed by atoms with Gasteiger partial charge in [-0.1, -0.05) is 0 Å². The molecule has 0 unspecified atom stereocenters. The Balaban J connectivity index is 2.88. The summed E-state index contributed by atoms with van der Waals surface area (Å²) in [5, 5.41) is 10.0. The van der Waals surface area contributed by atoms with Crippen LogP contribution in [0, 0.1) is 10.1 Å². The maximum absolute atomic E-state index is 10.0. The van der Waals surface area contributed by atoms with E-state index in [4.69, 9.17) is 11.6 Å². The summed E-state index contributed by atoms with van der Waals surface area (Å²) in [4.78, 5) is 12.9. The zero-order valence-electron chi connectivity index (χ0n) is 4.90.